The molecule has 5 heteroatoms. The van der Waals surface area contributed by atoms with Crippen molar-refractivity contribution in [1.82, 2.24) is 10.4 Å². The summed E-state index contributed by atoms with van der Waals surface area (Å²) in [4.78, 5) is 15.4. The molecule has 2 N–H and O–H groups in total. The van der Waals surface area contributed by atoms with E-state index in [2.05, 4.69) is 15.5 Å². The van der Waals surface area contributed by atoms with E-state index in [1.165, 1.54) is 0 Å². The summed E-state index contributed by atoms with van der Waals surface area (Å²) in [5.74, 6) is -0.279. The van der Waals surface area contributed by atoms with Crippen molar-refractivity contribution in [2.45, 2.75) is 13.8 Å². The molecule has 0 atom stereocenters. The third-order valence-corrected chi connectivity index (χ3v) is 3.90. The largest absolute Gasteiger partial charge is 0.350 e. The Bertz CT molecular complexity index is 912. The number of hydrogen-bond acceptors (Lipinski definition) is 2. The van der Waals surface area contributed by atoms with Crippen LogP contribution in [0, 0.1) is 13.8 Å². The second kappa shape index (κ2) is 6.26. The average molecular weight is 326 g/mol. The molecule has 1 heterocycles. The van der Waals surface area contributed by atoms with E-state index >= 15 is 0 Å². The lowest BCUT2D eigenvalue weighted by atomic mass is 10.1. The smallest absolute Gasteiger partial charge is 0.288 e. The molecule has 0 aliphatic rings. The van der Waals surface area contributed by atoms with E-state index in [9.17, 15) is 4.79 Å². The Morgan fingerprint density at radius 3 is 2.83 bits per heavy atom. The number of benzene rings is 2. The second-order valence-electron chi connectivity index (χ2n) is 5.43. The molecule has 0 fully saturated rings. The number of aromatic amines is 1. The monoisotopic (exact) mass is 325 g/mol. The Morgan fingerprint density at radius 1 is 1.22 bits per heavy atom. The maximum absolute atomic E-state index is 12.3. The Morgan fingerprint density at radius 2 is 2.04 bits per heavy atom. The SMILES string of the molecule is Cc1cccc(C=NNC(=O)c2[nH]c3ccc(Cl)cc3c2C)c1. The fourth-order valence-corrected chi connectivity index (χ4v) is 2.67. The number of amides is 1. The number of carbonyl (C=O) groups is 1. The van der Waals surface area contributed by atoms with Gasteiger partial charge in [0.05, 0.1) is 6.21 Å². The molecule has 23 heavy (non-hydrogen) atoms. The minimum atomic E-state index is -0.279. The number of H-pyrrole nitrogens is 1. The molecular weight excluding hydrogens is 310 g/mol. The van der Waals surface area contributed by atoms with Crippen molar-refractivity contribution in [2.75, 3.05) is 0 Å². The first-order chi connectivity index (χ1) is 11.0. The highest BCUT2D eigenvalue weighted by Crippen LogP contribution is 2.24. The van der Waals surface area contributed by atoms with Crippen LogP contribution in [0.4, 0.5) is 0 Å². The lowest BCUT2D eigenvalue weighted by Crippen LogP contribution is -2.18. The molecule has 4 nitrogen and oxygen atoms in total. The van der Waals surface area contributed by atoms with Crippen molar-refractivity contribution in [3.63, 3.8) is 0 Å². The van der Waals surface area contributed by atoms with Gasteiger partial charge in [0, 0.05) is 15.9 Å². The summed E-state index contributed by atoms with van der Waals surface area (Å²) in [6.45, 7) is 3.89. The van der Waals surface area contributed by atoms with Gasteiger partial charge in [-0.15, -0.1) is 0 Å². The fourth-order valence-electron chi connectivity index (χ4n) is 2.50. The zero-order valence-corrected chi connectivity index (χ0v) is 13.6. The standard InChI is InChI=1S/C18H16ClN3O/c1-11-4-3-5-13(8-11)10-20-22-18(23)17-12(2)15-9-14(19)6-7-16(15)21-17/h3-10,21H,1-2H3,(H,22,23). The predicted molar refractivity (Wildman–Crippen MR) is 94.3 cm³/mol. The summed E-state index contributed by atoms with van der Waals surface area (Å²) in [6.07, 6.45) is 1.62. The highest BCUT2D eigenvalue weighted by atomic mass is 35.5. The van der Waals surface area contributed by atoms with Gasteiger partial charge in [-0.25, -0.2) is 5.43 Å². The minimum Gasteiger partial charge on any atom is -0.350 e. The van der Waals surface area contributed by atoms with Gasteiger partial charge < -0.3 is 4.98 Å². The summed E-state index contributed by atoms with van der Waals surface area (Å²) in [7, 11) is 0. The normalized spacial score (nSPS) is 11.3. The van der Waals surface area contributed by atoms with E-state index < -0.39 is 0 Å². The van der Waals surface area contributed by atoms with E-state index in [4.69, 9.17) is 11.6 Å². The number of aryl methyl sites for hydroxylation is 2. The van der Waals surface area contributed by atoms with Gasteiger partial charge in [0.15, 0.2) is 0 Å². The van der Waals surface area contributed by atoms with Crippen LogP contribution in [0.15, 0.2) is 47.6 Å². The van der Waals surface area contributed by atoms with Crippen molar-refractivity contribution in [1.29, 1.82) is 0 Å². The minimum absolute atomic E-state index is 0.279. The summed E-state index contributed by atoms with van der Waals surface area (Å²) in [6, 6.07) is 13.4. The molecule has 3 aromatic rings. The van der Waals surface area contributed by atoms with Gasteiger partial charge >= 0.3 is 0 Å². The molecule has 2 aromatic carbocycles. The van der Waals surface area contributed by atoms with Crippen LogP contribution in [-0.2, 0) is 0 Å². The first kappa shape index (κ1) is 15.3. The molecule has 0 unspecified atom stereocenters. The van der Waals surface area contributed by atoms with Gasteiger partial charge in [-0.05, 0) is 43.2 Å². The second-order valence-corrected chi connectivity index (χ2v) is 5.86. The summed E-state index contributed by atoms with van der Waals surface area (Å²) in [5, 5.41) is 5.60. The van der Waals surface area contributed by atoms with Gasteiger partial charge in [-0.2, -0.15) is 5.10 Å². The van der Waals surface area contributed by atoms with Crippen LogP contribution in [0.5, 0.6) is 0 Å². The number of nitrogens with zero attached hydrogens (tertiary/aromatic N) is 1. The van der Waals surface area contributed by atoms with Crippen LogP contribution in [-0.4, -0.2) is 17.1 Å². The van der Waals surface area contributed by atoms with Gasteiger partial charge in [0.2, 0.25) is 0 Å². The molecule has 0 spiro atoms. The van der Waals surface area contributed by atoms with E-state index in [0.717, 1.165) is 27.6 Å². The quantitative estimate of drug-likeness (QED) is 0.550. The number of carbonyl (C=O) groups excluding carboxylic acids is 1. The van der Waals surface area contributed by atoms with Crippen molar-refractivity contribution in [2.24, 2.45) is 5.10 Å². The van der Waals surface area contributed by atoms with E-state index in [0.29, 0.717) is 10.7 Å². The van der Waals surface area contributed by atoms with Gasteiger partial charge in [0.25, 0.3) is 5.91 Å². The highest BCUT2D eigenvalue weighted by molar-refractivity contribution is 6.31. The van der Waals surface area contributed by atoms with Crippen LogP contribution in [0.2, 0.25) is 5.02 Å². The van der Waals surface area contributed by atoms with E-state index in [1.54, 1.807) is 12.3 Å². The predicted octanol–water partition coefficient (Wildman–Crippen LogP) is 4.20. The van der Waals surface area contributed by atoms with Crippen molar-refractivity contribution < 1.29 is 4.79 Å². The molecule has 0 saturated carbocycles. The van der Waals surface area contributed by atoms with Crippen molar-refractivity contribution in [3.8, 4) is 0 Å². The lowest BCUT2D eigenvalue weighted by Gasteiger charge is -1.99. The van der Waals surface area contributed by atoms with Crippen LogP contribution in [0.3, 0.4) is 0 Å². The van der Waals surface area contributed by atoms with Gasteiger partial charge in [0.1, 0.15) is 5.69 Å². The number of aromatic nitrogens is 1. The van der Waals surface area contributed by atoms with Gasteiger partial charge in [-0.3, -0.25) is 4.79 Å². The molecule has 3 rings (SSSR count). The highest BCUT2D eigenvalue weighted by Gasteiger charge is 2.14. The maximum Gasteiger partial charge on any atom is 0.288 e. The number of fused-ring (bicyclic) bond motifs is 1. The summed E-state index contributed by atoms with van der Waals surface area (Å²) in [5.41, 5.74) is 6.84. The zero-order chi connectivity index (χ0) is 16.4. The Balaban J connectivity index is 1.80. The number of hydrogen-bond donors (Lipinski definition) is 2. The van der Waals surface area contributed by atoms with Crippen molar-refractivity contribution in [3.05, 3.63) is 69.9 Å². The van der Waals surface area contributed by atoms with Crippen LogP contribution in [0.25, 0.3) is 10.9 Å². The van der Waals surface area contributed by atoms with E-state index in [1.807, 2.05) is 50.2 Å². The molecule has 1 aromatic heterocycles. The fraction of sp³-hybridized carbons (Fsp3) is 0.111. The molecule has 0 bridgehead atoms. The van der Waals surface area contributed by atoms with Crippen LogP contribution in [0.1, 0.15) is 27.2 Å². The molecule has 1 amide bonds. The Hall–Kier alpha value is -2.59. The molecule has 116 valence electrons. The number of rotatable bonds is 3. The van der Waals surface area contributed by atoms with Crippen LogP contribution >= 0.6 is 11.6 Å². The zero-order valence-electron chi connectivity index (χ0n) is 12.9. The van der Waals surface area contributed by atoms with Crippen LogP contribution < -0.4 is 5.43 Å². The Labute approximate surface area is 139 Å². The number of nitrogens with one attached hydrogen (secondary N) is 2. The summed E-state index contributed by atoms with van der Waals surface area (Å²) < 4.78 is 0. The molecular formula is C18H16ClN3O. The third kappa shape index (κ3) is 3.27. The van der Waals surface area contributed by atoms with Crippen molar-refractivity contribution >= 4 is 34.6 Å². The first-order valence-corrected chi connectivity index (χ1v) is 7.60. The molecule has 0 aliphatic heterocycles. The molecule has 0 saturated heterocycles. The molecule has 0 aliphatic carbocycles. The first-order valence-electron chi connectivity index (χ1n) is 7.22. The third-order valence-electron chi connectivity index (χ3n) is 3.67. The molecule has 0 radical (unpaired) electrons. The lowest BCUT2D eigenvalue weighted by molar-refractivity contribution is 0.0950. The maximum atomic E-state index is 12.3. The topological polar surface area (TPSA) is 57.2 Å². The van der Waals surface area contributed by atoms with Gasteiger partial charge in [-0.1, -0.05) is 41.4 Å². The number of halogens is 1. The Kier molecular flexibility index (Phi) is 4.17. The average Bonchev–Trinajstić information content (AvgIpc) is 2.84. The summed E-state index contributed by atoms with van der Waals surface area (Å²) >= 11 is 6.01. The van der Waals surface area contributed by atoms with E-state index in [-0.39, 0.29) is 5.91 Å². The number of hydrazone groups is 1.